The van der Waals surface area contributed by atoms with Crippen LogP contribution in [0.15, 0.2) is 0 Å². The highest BCUT2D eigenvalue weighted by Crippen LogP contribution is 2.24. The molecule has 2 rings (SSSR count). The maximum Gasteiger partial charge on any atom is 0.131 e. The first-order valence-electron chi connectivity index (χ1n) is 7.07. The monoisotopic (exact) mass is 239 g/mol. The summed E-state index contributed by atoms with van der Waals surface area (Å²) in [6, 6.07) is 0.518. The molecule has 0 aromatic carbocycles. The van der Waals surface area contributed by atoms with E-state index < -0.39 is 0 Å². The zero-order valence-corrected chi connectivity index (χ0v) is 11.0. The highest BCUT2D eigenvalue weighted by molar-refractivity contribution is 5.76. The van der Waals surface area contributed by atoms with Crippen LogP contribution in [0.2, 0.25) is 0 Å². The van der Waals surface area contributed by atoms with E-state index in [0.717, 1.165) is 25.6 Å². The number of nitrogens with zero attached hydrogens (tertiary/aromatic N) is 1. The number of hydrogen-bond donors (Lipinski definition) is 0. The van der Waals surface area contributed by atoms with Crippen LogP contribution in [-0.2, 0) is 9.53 Å². The molecule has 2 aliphatic rings. The molecule has 1 unspecified atom stereocenters. The van der Waals surface area contributed by atoms with Crippen molar-refractivity contribution in [3.8, 4) is 0 Å². The van der Waals surface area contributed by atoms with Crippen LogP contribution < -0.4 is 0 Å². The highest BCUT2D eigenvalue weighted by Gasteiger charge is 2.26. The lowest BCUT2D eigenvalue weighted by Crippen LogP contribution is -2.44. The van der Waals surface area contributed by atoms with Gasteiger partial charge in [0.05, 0.1) is 0 Å². The van der Waals surface area contributed by atoms with Crippen LogP contribution >= 0.6 is 0 Å². The Morgan fingerprint density at radius 3 is 2.71 bits per heavy atom. The van der Waals surface area contributed by atoms with Crippen molar-refractivity contribution in [3.63, 3.8) is 0 Å². The number of hydrogen-bond acceptors (Lipinski definition) is 3. The SMILES string of the molecule is CC(=O)CC1CCCCN1CC1CCOCC1. The topological polar surface area (TPSA) is 29.5 Å². The number of carbonyl (C=O) groups excluding carboxylic acids is 1. The second-order valence-corrected chi connectivity index (χ2v) is 5.61. The summed E-state index contributed by atoms with van der Waals surface area (Å²) in [5, 5.41) is 0. The maximum absolute atomic E-state index is 11.3. The zero-order chi connectivity index (χ0) is 12.1. The summed E-state index contributed by atoms with van der Waals surface area (Å²) in [7, 11) is 0. The average molecular weight is 239 g/mol. The van der Waals surface area contributed by atoms with Gasteiger partial charge in [0, 0.05) is 32.2 Å². The molecule has 1 atom stereocenters. The van der Waals surface area contributed by atoms with Crippen molar-refractivity contribution in [2.24, 2.45) is 5.92 Å². The summed E-state index contributed by atoms with van der Waals surface area (Å²) in [5.74, 6) is 1.13. The van der Waals surface area contributed by atoms with Gasteiger partial charge < -0.3 is 4.74 Å². The van der Waals surface area contributed by atoms with Gasteiger partial charge in [0.2, 0.25) is 0 Å². The number of Topliss-reactive ketones (excluding diaryl/α,β-unsaturated/α-hetero) is 1. The van der Waals surface area contributed by atoms with Crippen molar-refractivity contribution in [3.05, 3.63) is 0 Å². The molecule has 0 saturated carbocycles. The van der Waals surface area contributed by atoms with Gasteiger partial charge in [-0.15, -0.1) is 0 Å². The molecule has 0 bridgehead atoms. The minimum Gasteiger partial charge on any atom is -0.381 e. The molecule has 2 fully saturated rings. The van der Waals surface area contributed by atoms with E-state index in [0.29, 0.717) is 11.8 Å². The van der Waals surface area contributed by atoms with Gasteiger partial charge in [-0.1, -0.05) is 6.42 Å². The molecule has 3 heteroatoms. The molecule has 2 saturated heterocycles. The summed E-state index contributed by atoms with van der Waals surface area (Å²) < 4.78 is 5.41. The van der Waals surface area contributed by atoms with Crippen molar-refractivity contribution in [1.82, 2.24) is 4.90 Å². The first-order valence-corrected chi connectivity index (χ1v) is 7.07. The lowest BCUT2D eigenvalue weighted by Gasteiger charge is -2.38. The minimum absolute atomic E-state index is 0.342. The number of ether oxygens (including phenoxy) is 1. The third-order valence-electron chi connectivity index (χ3n) is 4.11. The summed E-state index contributed by atoms with van der Waals surface area (Å²) >= 11 is 0. The minimum atomic E-state index is 0.342. The Bertz CT molecular complexity index is 249. The van der Waals surface area contributed by atoms with E-state index in [-0.39, 0.29) is 0 Å². The molecule has 0 aromatic rings. The molecule has 0 amide bonds. The predicted molar refractivity (Wildman–Crippen MR) is 68.1 cm³/mol. The molecule has 0 aliphatic carbocycles. The molecule has 0 radical (unpaired) electrons. The second-order valence-electron chi connectivity index (χ2n) is 5.61. The molecule has 0 aromatic heterocycles. The summed E-state index contributed by atoms with van der Waals surface area (Å²) in [6.07, 6.45) is 6.96. The van der Waals surface area contributed by atoms with E-state index in [1.54, 1.807) is 6.92 Å². The van der Waals surface area contributed by atoms with Crippen LogP contribution in [0.3, 0.4) is 0 Å². The smallest absolute Gasteiger partial charge is 0.131 e. The van der Waals surface area contributed by atoms with Gasteiger partial charge in [-0.25, -0.2) is 0 Å². The van der Waals surface area contributed by atoms with Crippen molar-refractivity contribution < 1.29 is 9.53 Å². The van der Waals surface area contributed by atoms with Gasteiger partial charge in [0.1, 0.15) is 5.78 Å². The highest BCUT2D eigenvalue weighted by atomic mass is 16.5. The fraction of sp³-hybridized carbons (Fsp3) is 0.929. The van der Waals surface area contributed by atoms with Crippen LogP contribution in [0, 0.1) is 5.92 Å². The molecule has 0 spiro atoms. The zero-order valence-electron chi connectivity index (χ0n) is 11.0. The van der Waals surface area contributed by atoms with E-state index in [4.69, 9.17) is 4.74 Å². The van der Waals surface area contributed by atoms with Gasteiger partial charge in [-0.2, -0.15) is 0 Å². The third-order valence-corrected chi connectivity index (χ3v) is 4.11. The van der Waals surface area contributed by atoms with Gasteiger partial charge in [-0.3, -0.25) is 9.69 Å². The molecular formula is C14H25NO2. The van der Waals surface area contributed by atoms with Crippen LogP contribution in [0.4, 0.5) is 0 Å². The molecule has 3 nitrogen and oxygen atoms in total. The molecular weight excluding hydrogens is 214 g/mol. The van der Waals surface area contributed by atoms with E-state index in [1.165, 1.54) is 45.2 Å². The Morgan fingerprint density at radius 2 is 2.00 bits per heavy atom. The lowest BCUT2D eigenvalue weighted by atomic mass is 9.93. The quantitative estimate of drug-likeness (QED) is 0.753. The van der Waals surface area contributed by atoms with Gasteiger partial charge in [-0.05, 0) is 45.1 Å². The first kappa shape index (κ1) is 13.0. The van der Waals surface area contributed by atoms with Crippen LogP contribution in [-0.4, -0.2) is 43.0 Å². The lowest BCUT2D eigenvalue weighted by molar-refractivity contribution is -0.118. The van der Waals surface area contributed by atoms with Gasteiger partial charge in [0.15, 0.2) is 0 Å². The fourth-order valence-electron chi connectivity index (χ4n) is 3.12. The number of likely N-dealkylation sites (tertiary alicyclic amines) is 1. The largest absolute Gasteiger partial charge is 0.381 e. The van der Waals surface area contributed by atoms with Crippen molar-refractivity contribution in [2.45, 2.75) is 51.5 Å². The Hall–Kier alpha value is -0.410. The van der Waals surface area contributed by atoms with E-state index in [1.807, 2.05) is 0 Å². The summed E-state index contributed by atoms with van der Waals surface area (Å²) in [4.78, 5) is 13.9. The van der Waals surface area contributed by atoms with Crippen molar-refractivity contribution >= 4 is 5.78 Å². The number of rotatable bonds is 4. The molecule has 2 aliphatic heterocycles. The van der Waals surface area contributed by atoms with E-state index in [2.05, 4.69) is 4.90 Å². The van der Waals surface area contributed by atoms with Gasteiger partial charge >= 0.3 is 0 Å². The second kappa shape index (κ2) is 6.50. The van der Waals surface area contributed by atoms with Crippen LogP contribution in [0.5, 0.6) is 0 Å². The Morgan fingerprint density at radius 1 is 1.24 bits per heavy atom. The Balaban J connectivity index is 1.84. The van der Waals surface area contributed by atoms with E-state index in [9.17, 15) is 4.79 Å². The van der Waals surface area contributed by atoms with Crippen molar-refractivity contribution in [1.29, 1.82) is 0 Å². The van der Waals surface area contributed by atoms with Crippen molar-refractivity contribution in [2.75, 3.05) is 26.3 Å². The first-order chi connectivity index (χ1) is 8.25. The van der Waals surface area contributed by atoms with E-state index >= 15 is 0 Å². The van der Waals surface area contributed by atoms with Gasteiger partial charge in [0.25, 0.3) is 0 Å². The number of ketones is 1. The molecule has 0 N–H and O–H groups in total. The normalized spacial score (nSPS) is 28.2. The Kier molecular flexibility index (Phi) is 4.99. The van der Waals surface area contributed by atoms with Crippen LogP contribution in [0.25, 0.3) is 0 Å². The molecule has 17 heavy (non-hydrogen) atoms. The number of carbonyl (C=O) groups is 1. The fourth-order valence-corrected chi connectivity index (χ4v) is 3.12. The van der Waals surface area contributed by atoms with Crippen LogP contribution in [0.1, 0.15) is 45.4 Å². The predicted octanol–water partition coefficient (Wildman–Crippen LogP) is 2.25. The maximum atomic E-state index is 11.3. The standard InChI is InChI=1S/C14H25NO2/c1-12(16)10-14-4-2-3-7-15(14)11-13-5-8-17-9-6-13/h13-14H,2-11H2,1H3. The summed E-state index contributed by atoms with van der Waals surface area (Å²) in [5.41, 5.74) is 0. The molecule has 2 heterocycles. The molecule has 98 valence electrons. The third kappa shape index (κ3) is 4.07. The number of piperidine rings is 1. The Labute approximate surface area is 105 Å². The average Bonchev–Trinajstić information content (AvgIpc) is 2.32. The summed E-state index contributed by atoms with van der Waals surface area (Å²) in [6.45, 7) is 5.95.